The highest BCUT2D eigenvalue weighted by Crippen LogP contribution is 2.24. The predicted octanol–water partition coefficient (Wildman–Crippen LogP) is 2.20. The Labute approximate surface area is 165 Å². The number of rotatable bonds is 5. The molecule has 1 N–H and O–H groups in total. The van der Waals surface area contributed by atoms with Gasteiger partial charge in [-0.15, -0.1) is 0 Å². The molecule has 2 saturated heterocycles. The Morgan fingerprint density at radius 1 is 1.04 bits per heavy atom. The second kappa shape index (κ2) is 9.17. The minimum absolute atomic E-state index is 0.0154. The van der Waals surface area contributed by atoms with Crippen molar-refractivity contribution in [3.63, 3.8) is 0 Å². The summed E-state index contributed by atoms with van der Waals surface area (Å²) in [5, 5.41) is 2.90. The number of nitrogens with zero attached hydrogens (tertiary/aromatic N) is 2. The van der Waals surface area contributed by atoms with E-state index in [0.29, 0.717) is 37.9 Å². The number of piperidine rings is 1. The fourth-order valence-electron chi connectivity index (χ4n) is 4.05. The zero-order chi connectivity index (χ0) is 20.1. The molecule has 2 heterocycles. The first-order valence-electron chi connectivity index (χ1n) is 10.1. The molecule has 2 fully saturated rings. The Hall–Kier alpha value is -2.44. The van der Waals surface area contributed by atoms with Gasteiger partial charge in [0.05, 0.1) is 0 Å². The first-order chi connectivity index (χ1) is 13.5. The van der Waals surface area contributed by atoms with Crippen LogP contribution < -0.4 is 5.32 Å². The largest absolute Gasteiger partial charge is 0.343 e. The summed E-state index contributed by atoms with van der Waals surface area (Å²) in [4.78, 5) is 41.4. The number of hydrogen-bond acceptors (Lipinski definition) is 3. The van der Waals surface area contributed by atoms with Crippen molar-refractivity contribution < 1.29 is 18.8 Å². The van der Waals surface area contributed by atoms with Crippen LogP contribution in [0.4, 0.5) is 4.39 Å². The third kappa shape index (κ3) is 4.69. The molecule has 6 nitrogen and oxygen atoms in total. The number of carbonyl (C=O) groups is 3. The lowest BCUT2D eigenvalue weighted by Gasteiger charge is -2.37. The molecule has 0 unspecified atom stereocenters. The molecule has 3 amide bonds. The molecule has 1 aromatic rings. The zero-order valence-corrected chi connectivity index (χ0v) is 16.3. The molecule has 0 spiro atoms. The summed E-state index contributed by atoms with van der Waals surface area (Å²) in [6.45, 7) is 4.49. The van der Waals surface area contributed by atoms with Crippen molar-refractivity contribution in [1.29, 1.82) is 0 Å². The zero-order valence-electron chi connectivity index (χ0n) is 16.3. The third-order valence-corrected chi connectivity index (χ3v) is 5.74. The van der Waals surface area contributed by atoms with E-state index < -0.39 is 11.9 Å². The number of halogens is 1. The van der Waals surface area contributed by atoms with Crippen molar-refractivity contribution in [3.8, 4) is 0 Å². The van der Waals surface area contributed by atoms with Crippen LogP contribution in [0, 0.1) is 11.7 Å². The average Bonchev–Trinajstić information content (AvgIpc) is 3.26. The van der Waals surface area contributed by atoms with Gasteiger partial charge < -0.3 is 15.1 Å². The van der Waals surface area contributed by atoms with E-state index in [-0.39, 0.29) is 23.6 Å². The molecule has 0 radical (unpaired) electrons. The molecule has 152 valence electrons. The van der Waals surface area contributed by atoms with E-state index in [0.717, 1.165) is 25.9 Å². The van der Waals surface area contributed by atoms with E-state index in [9.17, 15) is 18.8 Å². The van der Waals surface area contributed by atoms with Gasteiger partial charge in [0.2, 0.25) is 11.8 Å². The van der Waals surface area contributed by atoms with Crippen molar-refractivity contribution in [3.05, 3.63) is 35.6 Å². The fraction of sp³-hybridized carbons (Fsp3) is 0.571. The number of hydrogen-bond donors (Lipinski definition) is 1. The number of amides is 3. The highest BCUT2D eigenvalue weighted by molar-refractivity contribution is 5.97. The molecule has 0 saturated carbocycles. The molecule has 7 heteroatoms. The van der Waals surface area contributed by atoms with Gasteiger partial charge in [0, 0.05) is 38.2 Å². The lowest BCUT2D eigenvalue weighted by Crippen LogP contribution is -2.54. The summed E-state index contributed by atoms with van der Waals surface area (Å²) in [5.41, 5.74) is 0.333. The highest BCUT2D eigenvalue weighted by Gasteiger charge is 2.36. The molecule has 0 bridgehead atoms. The fourth-order valence-corrected chi connectivity index (χ4v) is 4.05. The minimum Gasteiger partial charge on any atom is -0.343 e. The first-order valence-corrected chi connectivity index (χ1v) is 10.1. The van der Waals surface area contributed by atoms with Crippen molar-refractivity contribution in [2.45, 2.75) is 45.1 Å². The molecular weight excluding hydrogens is 361 g/mol. The van der Waals surface area contributed by atoms with Gasteiger partial charge in [-0.05, 0) is 55.9 Å². The van der Waals surface area contributed by atoms with Crippen molar-refractivity contribution >= 4 is 17.7 Å². The van der Waals surface area contributed by atoms with Gasteiger partial charge in [0.25, 0.3) is 5.91 Å². The Bertz CT molecular complexity index is 708. The Morgan fingerprint density at radius 2 is 1.64 bits per heavy atom. The second-order valence-corrected chi connectivity index (χ2v) is 7.56. The van der Waals surface area contributed by atoms with Gasteiger partial charge in [-0.2, -0.15) is 0 Å². The Morgan fingerprint density at radius 3 is 2.21 bits per heavy atom. The normalized spacial score (nSPS) is 18.8. The van der Waals surface area contributed by atoms with Gasteiger partial charge in [-0.25, -0.2) is 4.39 Å². The van der Waals surface area contributed by atoms with Crippen LogP contribution in [-0.2, 0) is 9.59 Å². The maximum absolute atomic E-state index is 13.1. The van der Waals surface area contributed by atoms with E-state index in [1.165, 1.54) is 24.3 Å². The van der Waals surface area contributed by atoms with Crippen LogP contribution in [0.5, 0.6) is 0 Å². The summed E-state index contributed by atoms with van der Waals surface area (Å²) in [6.07, 6.45) is 3.79. The van der Waals surface area contributed by atoms with Crippen LogP contribution in [0.1, 0.15) is 49.4 Å². The molecule has 3 rings (SSSR count). The van der Waals surface area contributed by atoms with Crippen LogP contribution >= 0.6 is 0 Å². The van der Waals surface area contributed by atoms with Crippen LogP contribution in [0.2, 0.25) is 0 Å². The summed E-state index contributed by atoms with van der Waals surface area (Å²) >= 11 is 0. The van der Waals surface area contributed by atoms with E-state index in [4.69, 9.17) is 0 Å². The lowest BCUT2D eigenvalue weighted by molar-refractivity contribution is -0.135. The van der Waals surface area contributed by atoms with Crippen LogP contribution in [0.15, 0.2) is 24.3 Å². The third-order valence-electron chi connectivity index (χ3n) is 5.74. The average molecular weight is 389 g/mol. The molecule has 2 aliphatic heterocycles. The maximum atomic E-state index is 13.1. The van der Waals surface area contributed by atoms with E-state index >= 15 is 0 Å². The van der Waals surface area contributed by atoms with Gasteiger partial charge in [-0.1, -0.05) is 6.92 Å². The quantitative estimate of drug-likeness (QED) is 0.839. The maximum Gasteiger partial charge on any atom is 0.251 e. The van der Waals surface area contributed by atoms with E-state index in [1.807, 2.05) is 16.7 Å². The second-order valence-electron chi connectivity index (χ2n) is 7.56. The summed E-state index contributed by atoms with van der Waals surface area (Å²) in [7, 11) is 0. The molecule has 2 aliphatic rings. The van der Waals surface area contributed by atoms with Crippen molar-refractivity contribution in [1.82, 2.24) is 15.1 Å². The highest BCUT2D eigenvalue weighted by atomic mass is 19.1. The van der Waals surface area contributed by atoms with Gasteiger partial charge in [-0.3, -0.25) is 14.4 Å². The van der Waals surface area contributed by atoms with Crippen LogP contribution in [0.25, 0.3) is 0 Å². The number of nitrogens with one attached hydrogen (secondary N) is 1. The first kappa shape index (κ1) is 20.3. The van der Waals surface area contributed by atoms with Crippen LogP contribution in [-0.4, -0.2) is 59.7 Å². The number of benzene rings is 1. The monoisotopic (exact) mass is 389 g/mol. The van der Waals surface area contributed by atoms with Crippen LogP contribution in [0.3, 0.4) is 0 Å². The Kier molecular flexibility index (Phi) is 6.65. The van der Waals surface area contributed by atoms with Gasteiger partial charge >= 0.3 is 0 Å². The summed E-state index contributed by atoms with van der Waals surface area (Å²) in [5.74, 6) is -0.721. The van der Waals surface area contributed by atoms with Crippen molar-refractivity contribution in [2.75, 3.05) is 26.2 Å². The van der Waals surface area contributed by atoms with Gasteiger partial charge in [0.1, 0.15) is 11.9 Å². The SMILES string of the molecule is CCC(=O)N1CCC([C@H](NC(=O)c2ccc(F)cc2)C(=O)N2CCCC2)CC1. The van der Waals surface area contributed by atoms with E-state index in [2.05, 4.69) is 5.32 Å². The molecular formula is C21H28FN3O3. The number of likely N-dealkylation sites (tertiary alicyclic amines) is 2. The molecule has 28 heavy (non-hydrogen) atoms. The molecule has 1 aromatic carbocycles. The summed E-state index contributed by atoms with van der Waals surface area (Å²) < 4.78 is 13.1. The summed E-state index contributed by atoms with van der Waals surface area (Å²) in [6, 6.07) is 4.70. The molecule has 0 aliphatic carbocycles. The lowest BCUT2D eigenvalue weighted by atomic mass is 9.88. The van der Waals surface area contributed by atoms with Gasteiger partial charge in [0.15, 0.2) is 0 Å². The van der Waals surface area contributed by atoms with Crippen molar-refractivity contribution in [2.24, 2.45) is 5.92 Å². The topological polar surface area (TPSA) is 69.7 Å². The number of carbonyl (C=O) groups excluding carboxylic acids is 3. The molecule has 0 aromatic heterocycles. The minimum atomic E-state index is -0.616. The predicted molar refractivity (Wildman–Crippen MR) is 103 cm³/mol. The van der Waals surface area contributed by atoms with E-state index in [1.54, 1.807) is 0 Å². The Balaban J connectivity index is 1.72. The molecule has 1 atom stereocenters. The standard InChI is InChI=1S/C21H28FN3O3/c1-2-18(26)24-13-9-15(10-14-24)19(21(28)25-11-3-4-12-25)23-20(27)16-5-7-17(22)8-6-16/h5-8,15,19H,2-4,9-14H2,1H3,(H,23,27)/t19-/m0/s1. The smallest absolute Gasteiger partial charge is 0.251 e.